The predicted molar refractivity (Wildman–Crippen MR) is 130 cm³/mol. The maximum Gasteiger partial charge on any atom is 0.227 e. The van der Waals surface area contributed by atoms with Gasteiger partial charge >= 0.3 is 0 Å². The Morgan fingerprint density at radius 2 is 1.88 bits per heavy atom. The second kappa shape index (κ2) is 8.79. The molecule has 162 valence electrons. The summed E-state index contributed by atoms with van der Waals surface area (Å²) in [5.74, 6) is 1.81. The first kappa shape index (κ1) is 20.8. The van der Waals surface area contributed by atoms with E-state index in [0.717, 1.165) is 32.8 Å². The van der Waals surface area contributed by atoms with Gasteiger partial charge in [0.25, 0.3) is 0 Å². The molecule has 0 spiro atoms. The number of amides is 1. The van der Waals surface area contributed by atoms with Crippen molar-refractivity contribution in [2.75, 3.05) is 18.1 Å². The fourth-order valence-electron chi connectivity index (χ4n) is 4.46. The number of nitrogens with zero attached hydrogens (tertiary/aromatic N) is 3. The molecule has 0 bridgehead atoms. The van der Waals surface area contributed by atoms with Crippen LogP contribution in [-0.2, 0) is 11.3 Å². The van der Waals surface area contributed by atoms with Crippen LogP contribution in [0.2, 0.25) is 0 Å². The third-order valence-electron chi connectivity index (χ3n) is 5.86. The van der Waals surface area contributed by atoms with Gasteiger partial charge in [0, 0.05) is 29.9 Å². The molecule has 4 aromatic rings. The van der Waals surface area contributed by atoms with Gasteiger partial charge < -0.3 is 14.2 Å². The van der Waals surface area contributed by atoms with E-state index in [1.807, 2.05) is 66.4 Å². The molecule has 32 heavy (non-hydrogen) atoms. The molecule has 2 heterocycles. The molecule has 1 atom stereocenters. The Morgan fingerprint density at radius 1 is 1.06 bits per heavy atom. The van der Waals surface area contributed by atoms with Gasteiger partial charge in [-0.3, -0.25) is 4.79 Å². The van der Waals surface area contributed by atoms with E-state index < -0.39 is 0 Å². The Hall–Kier alpha value is -3.12. The minimum absolute atomic E-state index is 0.0109. The maximum atomic E-state index is 13.1. The summed E-state index contributed by atoms with van der Waals surface area (Å²) in [6.45, 7) is 3.81. The van der Waals surface area contributed by atoms with Crippen LogP contribution >= 0.6 is 15.9 Å². The van der Waals surface area contributed by atoms with Crippen molar-refractivity contribution in [2.24, 2.45) is 0 Å². The van der Waals surface area contributed by atoms with Gasteiger partial charge in [0.05, 0.1) is 23.3 Å². The lowest BCUT2D eigenvalue weighted by atomic mass is 10.1. The molecular weight excluding hydrogens is 466 g/mol. The lowest BCUT2D eigenvalue weighted by Crippen LogP contribution is -2.25. The summed E-state index contributed by atoms with van der Waals surface area (Å²) in [5.41, 5.74) is 4.06. The molecule has 0 aliphatic carbocycles. The van der Waals surface area contributed by atoms with Gasteiger partial charge in [-0.15, -0.1) is 0 Å². The Balaban J connectivity index is 1.52. The number of hydrogen-bond donors (Lipinski definition) is 0. The van der Waals surface area contributed by atoms with E-state index in [9.17, 15) is 4.79 Å². The van der Waals surface area contributed by atoms with E-state index in [2.05, 4.69) is 38.7 Å². The summed E-state index contributed by atoms with van der Waals surface area (Å²) < 4.78 is 9.09. The highest BCUT2D eigenvalue weighted by molar-refractivity contribution is 9.10. The lowest BCUT2D eigenvalue weighted by Gasteiger charge is -2.20. The number of fused-ring (bicyclic) bond motifs is 1. The van der Waals surface area contributed by atoms with Crippen molar-refractivity contribution in [1.82, 2.24) is 9.55 Å². The van der Waals surface area contributed by atoms with Gasteiger partial charge in [-0.2, -0.15) is 0 Å². The summed E-state index contributed by atoms with van der Waals surface area (Å²) in [6.07, 6.45) is 0.433. The second-order valence-corrected chi connectivity index (χ2v) is 8.90. The van der Waals surface area contributed by atoms with Crippen molar-refractivity contribution in [3.05, 3.63) is 88.7 Å². The average molecular weight is 490 g/mol. The Morgan fingerprint density at radius 3 is 2.72 bits per heavy atom. The van der Waals surface area contributed by atoms with E-state index in [1.54, 1.807) is 0 Å². The van der Waals surface area contributed by atoms with Crippen molar-refractivity contribution >= 4 is 38.6 Å². The van der Waals surface area contributed by atoms with E-state index in [4.69, 9.17) is 9.72 Å². The van der Waals surface area contributed by atoms with Crippen molar-refractivity contribution < 1.29 is 9.53 Å². The van der Waals surface area contributed by atoms with Gasteiger partial charge in [0.15, 0.2) is 0 Å². The van der Waals surface area contributed by atoms with E-state index >= 15 is 0 Å². The first-order valence-corrected chi connectivity index (χ1v) is 11.6. The summed E-state index contributed by atoms with van der Waals surface area (Å²) in [4.78, 5) is 19.9. The third kappa shape index (κ3) is 3.91. The molecule has 3 aromatic carbocycles. The quantitative estimate of drug-likeness (QED) is 0.345. The van der Waals surface area contributed by atoms with Crippen LogP contribution in [0.5, 0.6) is 5.75 Å². The number of benzene rings is 3. The van der Waals surface area contributed by atoms with Crippen LogP contribution < -0.4 is 9.64 Å². The lowest BCUT2D eigenvalue weighted by molar-refractivity contribution is -0.117. The highest BCUT2D eigenvalue weighted by Crippen LogP contribution is 2.37. The number of hydrogen-bond acceptors (Lipinski definition) is 3. The first-order valence-electron chi connectivity index (χ1n) is 10.9. The second-order valence-electron chi connectivity index (χ2n) is 7.98. The Kier molecular flexibility index (Phi) is 5.70. The molecule has 5 nitrogen and oxygen atoms in total. The van der Waals surface area contributed by atoms with Gasteiger partial charge in [-0.25, -0.2) is 4.98 Å². The zero-order chi connectivity index (χ0) is 22.1. The Bertz CT molecular complexity index is 1280. The fourth-order valence-corrected chi connectivity index (χ4v) is 4.91. The minimum Gasteiger partial charge on any atom is -0.492 e. The Labute approximate surface area is 195 Å². The molecule has 1 amide bonds. The minimum atomic E-state index is 0.0109. The fraction of sp³-hybridized carbons (Fsp3) is 0.231. The van der Waals surface area contributed by atoms with Crippen molar-refractivity contribution in [3.8, 4) is 5.75 Å². The van der Waals surface area contributed by atoms with Gasteiger partial charge in [0.2, 0.25) is 5.91 Å². The van der Waals surface area contributed by atoms with E-state index in [0.29, 0.717) is 26.1 Å². The summed E-state index contributed by atoms with van der Waals surface area (Å²) in [5, 5.41) is 0. The third-order valence-corrected chi connectivity index (χ3v) is 6.35. The molecule has 1 unspecified atom stereocenters. The molecule has 6 heteroatoms. The van der Waals surface area contributed by atoms with Gasteiger partial charge in [-0.1, -0.05) is 52.3 Å². The first-order chi connectivity index (χ1) is 15.6. The van der Waals surface area contributed by atoms with Crippen molar-refractivity contribution in [3.63, 3.8) is 0 Å². The molecular formula is C26H24BrN3O2. The molecule has 1 aliphatic rings. The number of halogens is 1. The van der Waals surface area contributed by atoms with Crippen LogP contribution in [0.15, 0.2) is 77.3 Å². The van der Waals surface area contributed by atoms with Crippen molar-refractivity contribution in [1.29, 1.82) is 0 Å². The van der Waals surface area contributed by atoms with E-state index in [-0.39, 0.29) is 11.8 Å². The number of para-hydroxylation sites is 4. The van der Waals surface area contributed by atoms with Gasteiger partial charge in [0.1, 0.15) is 11.6 Å². The van der Waals surface area contributed by atoms with E-state index in [1.165, 1.54) is 5.56 Å². The highest BCUT2D eigenvalue weighted by atomic mass is 79.9. The van der Waals surface area contributed by atoms with Crippen LogP contribution in [-0.4, -0.2) is 28.6 Å². The predicted octanol–water partition coefficient (Wildman–Crippen LogP) is 5.77. The van der Waals surface area contributed by atoms with Crippen LogP contribution in [0.1, 0.15) is 30.7 Å². The zero-order valence-electron chi connectivity index (χ0n) is 17.9. The number of anilines is 1. The monoisotopic (exact) mass is 489 g/mol. The molecule has 1 aliphatic heterocycles. The summed E-state index contributed by atoms with van der Waals surface area (Å²) in [6, 6.07) is 24.3. The van der Waals surface area contributed by atoms with Crippen LogP contribution in [0.3, 0.4) is 0 Å². The largest absolute Gasteiger partial charge is 0.492 e. The van der Waals surface area contributed by atoms with Crippen LogP contribution in [0.4, 0.5) is 5.69 Å². The molecule has 1 aromatic heterocycles. The molecule has 1 fully saturated rings. The van der Waals surface area contributed by atoms with Gasteiger partial charge in [-0.05, 0) is 48.9 Å². The number of carbonyl (C=O) groups excluding carboxylic acids is 1. The standard InChI is InChI=1S/C26H24BrN3O2/c1-2-32-24-13-6-5-12-23(24)29-17-19(15-25(29)31)26-28-21-10-3-4-11-22(21)30(26)16-18-8-7-9-20(27)14-18/h3-14,19H,2,15-17H2,1H3. The molecule has 1 saturated heterocycles. The number of rotatable bonds is 6. The SMILES string of the molecule is CCOc1ccccc1N1CC(c2nc3ccccc3n2Cc2cccc(Br)c2)CC1=O. The molecule has 0 N–H and O–H groups in total. The summed E-state index contributed by atoms with van der Waals surface area (Å²) >= 11 is 3.57. The molecule has 0 saturated carbocycles. The summed E-state index contributed by atoms with van der Waals surface area (Å²) in [7, 11) is 0. The number of imidazole rings is 1. The average Bonchev–Trinajstić information content (AvgIpc) is 3.35. The molecule has 5 rings (SSSR count). The topological polar surface area (TPSA) is 47.4 Å². The number of aromatic nitrogens is 2. The number of carbonyl (C=O) groups is 1. The smallest absolute Gasteiger partial charge is 0.227 e. The van der Waals surface area contributed by atoms with Crippen molar-refractivity contribution in [2.45, 2.75) is 25.8 Å². The zero-order valence-corrected chi connectivity index (χ0v) is 19.5. The molecule has 0 radical (unpaired) electrons. The highest BCUT2D eigenvalue weighted by Gasteiger charge is 2.36. The number of ether oxygens (including phenoxy) is 1. The normalized spacial score (nSPS) is 16.1. The van der Waals surface area contributed by atoms with Crippen LogP contribution in [0, 0.1) is 0 Å². The maximum absolute atomic E-state index is 13.1. The van der Waals surface area contributed by atoms with Crippen LogP contribution in [0.25, 0.3) is 11.0 Å².